The van der Waals surface area contributed by atoms with Gasteiger partial charge >= 0.3 is 0 Å². The van der Waals surface area contributed by atoms with Gasteiger partial charge in [0.15, 0.2) is 0 Å². The standard InChI is InChI=1S/C13H17FN2/c1-3-5-11(4-2)16-12-7-6-10(9-15)13(14)8-12/h6-8,11,16H,3-5H2,1-2H3. The Kier molecular flexibility index (Phi) is 4.78. The maximum Gasteiger partial charge on any atom is 0.143 e. The number of rotatable bonds is 5. The van der Waals surface area contributed by atoms with Gasteiger partial charge in [-0.3, -0.25) is 0 Å². The fourth-order valence-corrected chi connectivity index (χ4v) is 1.66. The van der Waals surface area contributed by atoms with Crippen molar-refractivity contribution >= 4 is 5.69 Å². The Hall–Kier alpha value is -1.56. The number of benzene rings is 1. The van der Waals surface area contributed by atoms with E-state index in [4.69, 9.17) is 5.26 Å². The van der Waals surface area contributed by atoms with Gasteiger partial charge in [0.2, 0.25) is 0 Å². The van der Waals surface area contributed by atoms with E-state index in [1.165, 1.54) is 12.1 Å². The van der Waals surface area contributed by atoms with Gasteiger partial charge in [0.05, 0.1) is 5.56 Å². The van der Waals surface area contributed by atoms with E-state index < -0.39 is 5.82 Å². The molecule has 0 bridgehead atoms. The fraction of sp³-hybridized carbons (Fsp3) is 0.462. The number of hydrogen-bond acceptors (Lipinski definition) is 2. The van der Waals surface area contributed by atoms with Gasteiger partial charge in [0, 0.05) is 11.7 Å². The van der Waals surface area contributed by atoms with E-state index in [0.29, 0.717) is 6.04 Å². The molecule has 1 unspecified atom stereocenters. The molecule has 0 heterocycles. The maximum absolute atomic E-state index is 13.3. The summed E-state index contributed by atoms with van der Waals surface area (Å²) in [5.41, 5.74) is 0.839. The minimum Gasteiger partial charge on any atom is -0.382 e. The fourth-order valence-electron chi connectivity index (χ4n) is 1.66. The SMILES string of the molecule is CCCC(CC)Nc1ccc(C#N)c(F)c1. The number of halogens is 1. The topological polar surface area (TPSA) is 35.8 Å². The van der Waals surface area contributed by atoms with Crippen molar-refractivity contribution < 1.29 is 4.39 Å². The molecule has 0 radical (unpaired) electrons. The summed E-state index contributed by atoms with van der Waals surface area (Å²) in [6, 6.07) is 6.83. The second-order valence-corrected chi connectivity index (χ2v) is 3.84. The van der Waals surface area contributed by atoms with Crippen LogP contribution in [-0.4, -0.2) is 6.04 Å². The molecule has 1 N–H and O–H groups in total. The van der Waals surface area contributed by atoms with E-state index in [2.05, 4.69) is 19.2 Å². The summed E-state index contributed by atoms with van der Waals surface area (Å²) in [5, 5.41) is 11.9. The maximum atomic E-state index is 13.3. The first-order chi connectivity index (χ1) is 7.71. The lowest BCUT2D eigenvalue weighted by Gasteiger charge is -2.17. The lowest BCUT2D eigenvalue weighted by atomic mass is 10.1. The first-order valence-corrected chi connectivity index (χ1v) is 5.67. The normalized spacial score (nSPS) is 11.9. The number of nitrogens with zero attached hydrogens (tertiary/aromatic N) is 1. The molecule has 0 saturated carbocycles. The van der Waals surface area contributed by atoms with Crippen molar-refractivity contribution in [3.05, 3.63) is 29.6 Å². The largest absolute Gasteiger partial charge is 0.382 e. The quantitative estimate of drug-likeness (QED) is 0.821. The van der Waals surface area contributed by atoms with Crippen LogP contribution >= 0.6 is 0 Å². The van der Waals surface area contributed by atoms with Crippen molar-refractivity contribution in [3.63, 3.8) is 0 Å². The van der Waals surface area contributed by atoms with Gasteiger partial charge in [-0.15, -0.1) is 0 Å². The highest BCUT2D eigenvalue weighted by Gasteiger charge is 2.07. The van der Waals surface area contributed by atoms with Crippen LogP contribution in [0.4, 0.5) is 10.1 Å². The molecule has 1 aromatic carbocycles. The molecule has 0 aliphatic heterocycles. The summed E-state index contributed by atoms with van der Waals surface area (Å²) < 4.78 is 13.3. The van der Waals surface area contributed by atoms with Crippen molar-refractivity contribution in [3.8, 4) is 6.07 Å². The molecule has 0 spiro atoms. The van der Waals surface area contributed by atoms with Crippen LogP contribution in [0.1, 0.15) is 38.7 Å². The molecular formula is C13H17FN2. The van der Waals surface area contributed by atoms with Crippen LogP contribution in [0, 0.1) is 17.1 Å². The second-order valence-electron chi connectivity index (χ2n) is 3.84. The molecule has 1 rings (SSSR count). The van der Waals surface area contributed by atoms with Crippen molar-refractivity contribution in [1.82, 2.24) is 0 Å². The first-order valence-electron chi connectivity index (χ1n) is 5.67. The summed E-state index contributed by atoms with van der Waals surface area (Å²) in [5.74, 6) is -0.459. The Morgan fingerprint density at radius 1 is 1.44 bits per heavy atom. The molecule has 16 heavy (non-hydrogen) atoms. The van der Waals surface area contributed by atoms with E-state index in [0.717, 1.165) is 24.9 Å². The molecule has 2 nitrogen and oxygen atoms in total. The number of nitriles is 1. The third-order valence-electron chi connectivity index (χ3n) is 2.59. The summed E-state index contributed by atoms with van der Waals surface area (Å²) in [6.07, 6.45) is 3.18. The Bertz CT molecular complexity index is 382. The van der Waals surface area contributed by atoms with Gasteiger partial charge in [0.25, 0.3) is 0 Å². The van der Waals surface area contributed by atoms with E-state index in [1.54, 1.807) is 6.07 Å². The number of nitrogens with one attached hydrogen (secondary N) is 1. The molecule has 0 saturated heterocycles. The molecule has 0 aliphatic rings. The second kappa shape index (κ2) is 6.12. The van der Waals surface area contributed by atoms with E-state index in [9.17, 15) is 4.39 Å². The molecule has 1 atom stereocenters. The Morgan fingerprint density at radius 2 is 2.19 bits per heavy atom. The lowest BCUT2D eigenvalue weighted by molar-refractivity contribution is 0.613. The van der Waals surface area contributed by atoms with Gasteiger partial charge in [-0.1, -0.05) is 20.3 Å². The van der Waals surface area contributed by atoms with Crippen molar-refractivity contribution in [2.75, 3.05) is 5.32 Å². The molecule has 0 aliphatic carbocycles. The monoisotopic (exact) mass is 220 g/mol. The van der Waals surface area contributed by atoms with Crippen LogP contribution in [0.2, 0.25) is 0 Å². The number of anilines is 1. The highest BCUT2D eigenvalue weighted by atomic mass is 19.1. The van der Waals surface area contributed by atoms with Crippen molar-refractivity contribution in [2.45, 2.75) is 39.2 Å². The molecule has 0 aromatic heterocycles. The van der Waals surface area contributed by atoms with Gasteiger partial charge in [-0.2, -0.15) is 5.26 Å². The summed E-state index contributed by atoms with van der Waals surface area (Å²) in [7, 11) is 0. The van der Waals surface area contributed by atoms with Gasteiger partial charge in [0.1, 0.15) is 11.9 Å². The van der Waals surface area contributed by atoms with Crippen LogP contribution in [0.3, 0.4) is 0 Å². The van der Waals surface area contributed by atoms with E-state index >= 15 is 0 Å². The Labute approximate surface area is 96.1 Å². The molecular weight excluding hydrogens is 203 g/mol. The predicted octanol–water partition coefficient (Wildman–Crippen LogP) is 3.69. The van der Waals surface area contributed by atoms with Gasteiger partial charge in [-0.25, -0.2) is 4.39 Å². The average molecular weight is 220 g/mol. The van der Waals surface area contributed by atoms with Crippen LogP contribution in [0.25, 0.3) is 0 Å². The zero-order chi connectivity index (χ0) is 12.0. The highest BCUT2D eigenvalue weighted by molar-refractivity contribution is 5.48. The third-order valence-corrected chi connectivity index (χ3v) is 2.59. The minimum atomic E-state index is -0.459. The van der Waals surface area contributed by atoms with Crippen molar-refractivity contribution in [2.24, 2.45) is 0 Å². The molecule has 0 fully saturated rings. The predicted molar refractivity (Wildman–Crippen MR) is 63.7 cm³/mol. The van der Waals surface area contributed by atoms with E-state index in [1.807, 2.05) is 6.07 Å². The Morgan fingerprint density at radius 3 is 2.69 bits per heavy atom. The molecule has 86 valence electrons. The van der Waals surface area contributed by atoms with Crippen LogP contribution < -0.4 is 5.32 Å². The molecule has 3 heteroatoms. The minimum absolute atomic E-state index is 0.0917. The third kappa shape index (κ3) is 3.23. The summed E-state index contributed by atoms with van der Waals surface area (Å²) >= 11 is 0. The van der Waals surface area contributed by atoms with Crippen LogP contribution in [-0.2, 0) is 0 Å². The summed E-state index contributed by atoms with van der Waals surface area (Å²) in [6.45, 7) is 4.23. The van der Waals surface area contributed by atoms with E-state index in [-0.39, 0.29) is 5.56 Å². The Balaban J connectivity index is 2.74. The zero-order valence-corrected chi connectivity index (χ0v) is 9.76. The van der Waals surface area contributed by atoms with Crippen LogP contribution in [0.15, 0.2) is 18.2 Å². The summed E-state index contributed by atoms with van der Waals surface area (Å²) in [4.78, 5) is 0. The van der Waals surface area contributed by atoms with Gasteiger partial charge in [-0.05, 0) is 31.0 Å². The number of hydrogen-bond donors (Lipinski definition) is 1. The first kappa shape index (κ1) is 12.5. The molecule has 0 amide bonds. The van der Waals surface area contributed by atoms with Crippen LogP contribution in [0.5, 0.6) is 0 Å². The zero-order valence-electron chi connectivity index (χ0n) is 9.76. The molecule has 1 aromatic rings. The van der Waals surface area contributed by atoms with Gasteiger partial charge < -0.3 is 5.32 Å². The smallest absolute Gasteiger partial charge is 0.143 e. The lowest BCUT2D eigenvalue weighted by Crippen LogP contribution is -2.17. The average Bonchev–Trinajstić information content (AvgIpc) is 2.28. The highest BCUT2D eigenvalue weighted by Crippen LogP contribution is 2.16. The van der Waals surface area contributed by atoms with Crippen molar-refractivity contribution in [1.29, 1.82) is 5.26 Å².